The molecule has 2 atom stereocenters. The van der Waals surface area contributed by atoms with Crippen LogP contribution in [0.1, 0.15) is 27.2 Å². The van der Waals surface area contributed by atoms with E-state index in [1.807, 2.05) is 0 Å². The van der Waals surface area contributed by atoms with Crippen LogP contribution in [-0.4, -0.2) is 36.0 Å². The predicted molar refractivity (Wildman–Crippen MR) is 62.6 cm³/mol. The molecule has 1 N–H and O–H groups in total. The molecule has 1 saturated heterocycles. The maximum absolute atomic E-state index is 11.3. The summed E-state index contributed by atoms with van der Waals surface area (Å²) in [6, 6.07) is 0.265. The molecule has 0 aromatic carbocycles. The van der Waals surface area contributed by atoms with E-state index < -0.39 is 0 Å². The third-order valence-electron chi connectivity index (χ3n) is 3.99. The lowest BCUT2D eigenvalue weighted by Gasteiger charge is -2.49. The molecule has 1 rings (SSSR count). The number of carbonyl (C=O) groups excluding carboxylic acids is 1. The van der Waals surface area contributed by atoms with Crippen LogP contribution in [0.5, 0.6) is 0 Å². The number of rotatable bonds is 2. The van der Waals surface area contributed by atoms with Crippen molar-refractivity contribution in [3.63, 3.8) is 0 Å². The summed E-state index contributed by atoms with van der Waals surface area (Å²) in [5.74, 6) is 0.382. The largest absolute Gasteiger partial charge is 0.349 e. The Kier molecular flexibility index (Phi) is 3.55. The number of hydrogen-bond acceptors (Lipinski definition) is 2. The summed E-state index contributed by atoms with van der Waals surface area (Å²) in [5, 5.41) is 3.01. The van der Waals surface area contributed by atoms with Crippen molar-refractivity contribution in [2.45, 2.75) is 38.8 Å². The van der Waals surface area contributed by atoms with Gasteiger partial charge in [0.2, 0.25) is 5.91 Å². The fourth-order valence-electron chi connectivity index (χ4n) is 2.15. The molecule has 0 aliphatic carbocycles. The van der Waals surface area contributed by atoms with Crippen LogP contribution in [0.2, 0.25) is 0 Å². The van der Waals surface area contributed by atoms with Gasteiger partial charge in [-0.15, -0.1) is 0 Å². The van der Waals surface area contributed by atoms with Crippen LogP contribution in [0.15, 0.2) is 12.7 Å². The molecule has 0 saturated carbocycles. The van der Waals surface area contributed by atoms with E-state index in [-0.39, 0.29) is 17.5 Å². The van der Waals surface area contributed by atoms with E-state index in [0.717, 1.165) is 13.0 Å². The third-order valence-corrected chi connectivity index (χ3v) is 3.99. The van der Waals surface area contributed by atoms with E-state index >= 15 is 0 Å². The molecule has 86 valence electrons. The van der Waals surface area contributed by atoms with Gasteiger partial charge in [-0.25, -0.2) is 0 Å². The Bertz CT molecular complexity index is 260. The van der Waals surface area contributed by atoms with Gasteiger partial charge in [0.25, 0.3) is 0 Å². The molecule has 3 nitrogen and oxygen atoms in total. The highest BCUT2D eigenvalue weighted by Crippen LogP contribution is 2.31. The lowest BCUT2D eigenvalue weighted by atomic mass is 9.77. The summed E-state index contributed by atoms with van der Waals surface area (Å²) in [5.41, 5.74) is 0.136. The third kappa shape index (κ3) is 2.40. The van der Waals surface area contributed by atoms with Crippen molar-refractivity contribution < 1.29 is 4.79 Å². The van der Waals surface area contributed by atoms with E-state index in [0.29, 0.717) is 5.92 Å². The van der Waals surface area contributed by atoms with Crippen molar-refractivity contribution in [1.82, 2.24) is 10.2 Å². The van der Waals surface area contributed by atoms with Crippen molar-refractivity contribution in [1.29, 1.82) is 0 Å². The number of carbonyl (C=O) groups is 1. The van der Waals surface area contributed by atoms with Crippen molar-refractivity contribution >= 4 is 5.91 Å². The normalized spacial score (nSPS) is 30.9. The van der Waals surface area contributed by atoms with E-state index in [4.69, 9.17) is 0 Å². The summed E-state index contributed by atoms with van der Waals surface area (Å²) in [6.45, 7) is 11.2. The van der Waals surface area contributed by atoms with Crippen LogP contribution < -0.4 is 5.32 Å². The van der Waals surface area contributed by atoms with Crippen molar-refractivity contribution in [3.05, 3.63) is 12.7 Å². The highest BCUT2D eigenvalue weighted by molar-refractivity contribution is 5.87. The first-order valence-corrected chi connectivity index (χ1v) is 5.53. The van der Waals surface area contributed by atoms with Crippen molar-refractivity contribution in [3.8, 4) is 0 Å². The fraction of sp³-hybridized carbons (Fsp3) is 0.750. The van der Waals surface area contributed by atoms with Gasteiger partial charge in [0.1, 0.15) is 0 Å². The molecule has 0 bridgehead atoms. The second-order valence-electron chi connectivity index (χ2n) is 4.97. The Morgan fingerprint density at radius 2 is 2.20 bits per heavy atom. The summed E-state index contributed by atoms with van der Waals surface area (Å²) >= 11 is 0. The average Bonchev–Trinajstić information content (AvgIpc) is 2.19. The van der Waals surface area contributed by atoms with E-state index in [1.165, 1.54) is 6.08 Å². The Hall–Kier alpha value is -0.830. The standard InChI is InChI=1S/C12H22N2O/c1-6-11(15)13-10-7-8-14(5)12(3,4)9(10)2/h6,9-10H,1,7-8H2,2-5H3,(H,13,15). The topological polar surface area (TPSA) is 32.3 Å². The zero-order valence-electron chi connectivity index (χ0n) is 10.2. The molecule has 1 aliphatic heterocycles. The van der Waals surface area contributed by atoms with Gasteiger partial charge >= 0.3 is 0 Å². The van der Waals surface area contributed by atoms with E-state index in [1.54, 1.807) is 0 Å². The number of amides is 1. The Labute approximate surface area is 92.5 Å². The molecule has 1 amide bonds. The lowest BCUT2D eigenvalue weighted by molar-refractivity contribution is -0.118. The zero-order valence-corrected chi connectivity index (χ0v) is 10.2. The van der Waals surface area contributed by atoms with Crippen LogP contribution in [0.3, 0.4) is 0 Å². The van der Waals surface area contributed by atoms with Gasteiger partial charge in [-0.05, 0) is 39.3 Å². The van der Waals surface area contributed by atoms with Crippen LogP contribution in [-0.2, 0) is 4.79 Å². The first-order valence-electron chi connectivity index (χ1n) is 5.53. The van der Waals surface area contributed by atoms with Gasteiger partial charge in [-0.1, -0.05) is 13.5 Å². The van der Waals surface area contributed by atoms with Crippen LogP contribution >= 0.6 is 0 Å². The summed E-state index contributed by atoms with van der Waals surface area (Å²) in [6.07, 6.45) is 2.36. The molecule has 15 heavy (non-hydrogen) atoms. The second kappa shape index (κ2) is 4.35. The first kappa shape index (κ1) is 12.2. The molecule has 0 aromatic rings. The van der Waals surface area contributed by atoms with Crippen LogP contribution in [0, 0.1) is 5.92 Å². The summed E-state index contributed by atoms with van der Waals surface area (Å²) in [7, 11) is 2.14. The minimum absolute atomic E-state index is 0.0628. The quantitative estimate of drug-likeness (QED) is 0.699. The maximum atomic E-state index is 11.3. The average molecular weight is 210 g/mol. The molecule has 1 aliphatic rings. The number of nitrogens with one attached hydrogen (secondary N) is 1. The molecule has 3 heteroatoms. The number of nitrogens with zero attached hydrogens (tertiary/aromatic N) is 1. The molecule has 2 unspecified atom stereocenters. The number of likely N-dealkylation sites (tertiary alicyclic amines) is 1. The molecular formula is C12H22N2O. The highest BCUT2D eigenvalue weighted by atomic mass is 16.1. The number of hydrogen-bond donors (Lipinski definition) is 1. The van der Waals surface area contributed by atoms with Gasteiger partial charge in [0, 0.05) is 18.1 Å². The SMILES string of the molecule is C=CC(=O)NC1CCN(C)C(C)(C)C1C. The monoisotopic (exact) mass is 210 g/mol. The minimum atomic E-state index is -0.0628. The first-order chi connectivity index (χ1) is 6.89. The second-order valence-corrected chi connectivity index (χ2v) is 4.97. The lowest BCUT2D eigenvalue weighted by Crippen LogP contribution is -2.59. The van der Waals surface area contributed by atoms with Crippen LogP contribution in [0.25, 0.3) is 0 Å². The predicted octanol–water partition coefficient (Wildman–Crippen LogP) is 1.41. The van der Waals surface area contributed by atoms with Gasteiger partial charge in [-0.3, -0.25) is 4.79 Å². The van der Waals surface area contributed by atoms with Crippen LogP contribution in [0.4, 0.5) is 0 Å². The summed E-state index contributed by atoms with van der Waals surface area (Å²) < 4.78 is 0. The highest BCUT2D eigenvalue weighted by Gasteiger charge is 2.39. The fourth-order valence-corrected chi connectivity index (χ4v) is 2.15. The van der Waals surface area contributed by atoms with Gasteiger partial charge in [0.15, 0.2) is 0 Å². The van der Waals surface area contributed by atoms with Gasteiger partial charge in [0.05, 0.1) is 0 Å². The number of piperidine rings is 1. The Morgan fingerprint density at radius 3 is 2.73 bits per heavy atom. The van der Waals surface area contributed by atoms with Gasteiger partial charge < -0.3 is 10.2 Å². The zero-order chi connectivity index (χ0) is 11.6. The maximum Gasteiger partial charge on any atom is 0.243 e. The summed E-state index contributed by atoms with van der Waals surface area (Å²) in [4.78, 5) is 13.6. The Morgan fingerprint density at radius 1 is 1.60 bits per heavy atom. The molecule has 0 spiro atoms. The molecule has 1 heterocycles. The smallest absolute Gasteiger partial charge is 0.243 e. The van der Waals surface area contributed by atoms with Crippen molar-refractivity contribution in [2.75, 3.05) is 13.6 Å². The Balaban J connectivity index is 2.69. The van der Waals surface area contributed by atoms with E-state index in [2.05, 4.69) is 44.6 Å². The van der Waals surface area contributed by atoms with Gasteiger partial charge in [-0.2, -0.15) is 0 Å². The molecular weight excluding hydrogens is 188 g/mol. The molecule has 0 aromatic heterocycles. The van der Waals surface area contributed by atoms with E-state index in [9.17, 15) is 4.79 Å². The molecule has 0 radical (unpaired) electrons. The minimum Gasteiger partial charge on any atom is -0.349 e. The van der Waals surface area contributed by atoms with Crippen molar-refractivity contribution in [2.24, 2.45) is 5.92 Å². The molecule has 1 fully saturated rings.